The molecule has 0 aromatic heterocycles. The van der Waals surface area contributed by atoms with Gasteiger partial charge in [0.2, 0.25) is 10.0 Å². The average Bonchev–Trinajstić information content (AvgIpc) is 2.68. The Bertz CT molecular complexity index is 812. The molecule has 0 unspecified atom stereocenters. The van der Waals surface area contributed by atoms with Crippen LogP contribution in [-0.4, -0.2) is 45.0 Å². The third kappa shape index (κ3) is 4.25. The Balaban J connectivity index is 1.66. The highest BCUT2D eigenvalue weighted by Crippen LogP contribution is 2.18. The number of sulfonamides is 1. The van der Waals surface area contributed by atoms with E-state index in [1.54, 1.807) is 0 Å². The van der Waals surface area contributed by atoms with Crippen LogP contribution in [0.25, 0.3) is 0 Å². The SMILES string of the molecule is O=C(OCc1ccccc1)c1ccc(S(=O)(=O)N2CCOCC2)cc1. The first-order valence-electron chi connectivity index (χ1n) is 7.96. The molecule has 0 spiro atoms. The van der Waals surface area contributed by atoms with Gasteiger partial charge in [0.15, 0.2) is 0 Å². The van der Waals surface area contributed by atoms with Crippen molar-refractivity contribution in [2.24, 2.45) is 0 Å². The van der Waals surface area contributed by atoms with Gasteiger partial charge < -0.3 is 9.47 Å². The fraction of sp³-hybridized carbons (Fsp3) is 0.278. The third-order valence-electron chi connectivity index (χ3n) is 3.91. The van der Waals surface area contributed by atoms with Gasteiger partial charge in [0, 0.05) is 13.1 Å². The number of hydrogen-bond acceptors (Lipinski definition) is 5. The van der Waals surface area contributed by atoms with Gasteiger partial charge in [-0.25, -0.2) is 13.2 Å². The third-order valence-corrected chi connectivity index (χ3v) is 5.82. The predicted octanol–water partition coefficient (Wildman–Crippen LogP) is 2.06. The number of nitrogens with zero attached hydrogens (tertiary/aromatic N) is 1. The predicted molar refractivity (Wildman–Crippen MR) is 91.6 cm³/mol. The zero-order chi connectivity index (χ0) is 17.7. The molecule has 0 saturated carbocycles. The molecule has 0 amide bonds. The number of ether oxygens (including phenoxy) is 2. The van der Waals surface area contributed by atoms with E-state index in [4.69, 9.17) is 9.47 Å². The summed E-state index contributed by atoms with van der Waals surface area (Å²) in [6.45, 7) is 1.63. The molecule has 7 heteroatoms. The highest BCUT2D eigenvalue weighted by Gasteiger charge is 2.26. The number of carbonyl (C=O) groups excluding carboxylic acids is 1. The topological polar surface area (TPSA) is 72.9 Å². The van der Waals surface area contributed by atoms with E-state index in [9.17, 15) is 13.2 Å². The van der Waals surface area contributed by atoms with Gasteiger partial charge in [-0.1, -0.05) is 30.3 Å². The molecule has 25 heavy (non-hydrogen) atoms. The Morgan fingerprint density at radius 2 is 1.64 bits per heavy atom. The quantitative estimate of drug-likeness (QED) is 0.762. The van der Waals surface area contributed by atoms with E-state index in [0.717, 1.165) is 5.56 Å². The van der Waals surface area contributed by atoms with E-state index < -0.39 is 16.0 Å². The number of hydrogen-bond donors (Lipinski definition) is 0. The molecule has 0 bridgehead atoms. The Labute approximate surface area is 147 Å². The van der Waals surface area contributed by atoms with Crippen LogP contribution in [0.1, 0.15) is 15.9 Å². The molecule has 0 radical (unpaired) electrons. The zero-order valence-corrected chi connectivity index (χ0v) is 14.4. The fourth-order valence-electron chi connectivity index (χ4n) is 2.51. The van der Waals surface area contributed by atoms with Crippen LogP contribution in [0.5, 0.6) is 0 Å². The zero-order valence-electron chi connectivity index (χ0n) is 13.6. The van der Waals surface area contributed by atoms with Crippen LogP contribution in [0, 0.1) is 0 Å². The summed E-state index contributed by atoms with van der Waals surface area (Å²) in [6, 6.07) is 15.2. The van der Waals surface area contributed by atoms with E-state index in [2.05, 4.69) is 0 Å². The molecule has 1 fully saturated rings. The van der Waals surface area contributed by atoms with Crippen molar-refractivity contribution in [3.8, 4) is 0 Å². The molecule has 1 aliphatic heterocycles. The van der Waals surface area contributed by atoms with E-state index in [0.29, 0.717) is 31.9 Å². The van der Waals surface area contributed by atoms with Gasteiger partial charge >= 0.3 is 5.97 Å². The van der Waals surface area contributed by atoms with Gasteiger partial charge in [0.1, 0.15) is 6.61 Å². The standard InChI is InChI=1S/C18H19NO5S/c20-18(24-14-15-4-2-1-3-5-15)16-6-8-17(9-7-16)25(21,22)19-10-12-23-13-11-19/h1-9H,10-14H2. The molecular formula is C18H19NO5S. The largest absolute Gasteiger partial charge is 0.457 e. The van der Waals surface area contributed by atoms with Crippen molar-refractivity contribution in [3.63, 3.8) is 0 Å². The molecule has 2 aromatic rings. The molecule has 1 saturated heterocycles. The molecule has 2 aromatic carbocycles. The molecular weight excluding hydrogens is 342 g/mol. The van der Waals surface area contributed by atoms with E-state index >= 15 is 0 Å². The summed E-state index contributed by atoms with van der Waals surface area (Å²) in [4.78, 5) is 12.2. The average molecular weight is 361 g/mol. The van der Waals surface area contributed by atoms with Crippen LogP contribution in [-0.2, 0) is 26.1 Å². The minimum atomic E-state index is -3.56. The summed E-state index contributed by atoms with van der Waals surface area (Å²) < 4.78 is 36.9. The van der Waals surface area contributed by atoms with Crippen molar-refractivity contribution in [2.75, 3.05) is 26.3 Å². The number of rotatable bonds is 5. The summed E-state index contributed by atoms with van der Waals surface area (Å²) in [5, 5.41) is 0. The Kier molecular flexibility index (Phi) is 5.47. The first-order valence-corrected chi connectivity index (χ1v) is 9.40. The number of esters is 1. The van der Waals surface area contributed by atoms with Crippen molar-refractivity contribution >= 4 is 16.0 Å². The molecule has 3 rings (SSSR count). The van der Waals surface area contributed by atoms with Crippen LogP contribution in [0.2, 0.25) is 0 Å². The van der Waals surface area contributed by atoms with Crippen molar-refractivity contribution in [3.05, 3.63) is 65.7 Å². The van der Waals surface area contributed by atoms with Gasteiger partial charge in [-0.15, -0.1) is 0 Å². The van der Waals surface area contributed by atoms with Crippen LogP contribution in [0.15, 0.2) is 59.5 Å². The van der Waals surface area contributed by atoms with Gasteiger partial charge in [0.25, 0.3) is 0 Å². The van der Waals surface area contributed by atoms with Crippen molar-refractivity contribution in [2.45, 2.75) is 11.5 Å². The Hall–Kier alpha value is -2.22. The van der Waals surface area contributed by atoms with E-state index in [-0.39, 0.29) is 11.5 Å². The monoisotopic (exact) mass is 361 g/mol. The molecule has 0 N–H and O–H groups in total. The van der Waals surface area contributed by atoms with Gasteiger partial charge in [-0.05, 0) is 29.8 Å². The summed E-state index contributed by atoms with van der Waals surface area (Å²) in [5.41, 5.74) is 1.21. The molecule has 0 aliphatic carbocycles. The minimum Gasteiger partial charge on any atom is -0.457 e. The summed E-state index contributed by atoms with van der Waals surface area (Å²) in [7, 11) is -3.56. The van der Waals surface area contributed by atoms with Gasteiger partial charge in [-0.3, -0.25) is 0 Å². The molecule has 0 atom stereocenters. The van der Waals surface area contributed by atoms with Gasteiger partial charge in [0.05, 0.1) is 23.7 Å². The summed E-state index contributed by atoms with van der Waals surface area (Å²) in [6.07, 6.45) is 0. The lowest BCUT2D eigenvalue weighted by atomic mass is 10.2. The first-order chi connectivity index (χ1) is 12.1. The van der Waals surface area contributed by atoms with Gasteiger partial charge in [-0.2, -0.15) is 4.31 Å². The van der Waals surface area contributed by atoms with Crippen molar-refractivity contribution in [1.29, 1.82) is 0 Å². The van der Waals surface area contributed by atoms with Crippen LogP contribution < -0.4 is 0 Å². The highest BCUT2D eigenvalue weighted by molar-refractivity contribution is 7.89. The molecule has 1 heterocycles. The van der Waals surface area contributed by atoms with Crippen LogP contribution in [0.3, 0.4) is 0 Å². The Morgan fingerprint density at radius 1 is 1.00 bits per heavy atom. The smallest absolute Gasteiger partial charge is 0.338 e. The summed E-state index contributed by atoms with van der Waals surface area (Å²) >= 11 is 0. The summed E-state index contributed by atoms with van der Waals surface area (Å²) in [5.74, 6) is -0.487. The maximum absolute atomic E-state index is 12.5. The maximum atomic E-state index is 12.5. The fourth-order valence-corrected chi connectivity index (χ4v) is 3.91. The molecule has 1 aliphatic rings. The van der Waals surface area contributed by atoms with E-state index in [1.807, 2.05) is 30.3 Å². The second kappa shape index (κ2) is 7.77. The lowest BCUT2D eigenvalue weighted by Gasteiger charge is -2.26. The normalized spacial score (nSPS) is 15.7. The lowest BCUT2D eigenvalue weighted by Crippen LogP contribution is -2.40. The van der Waals surface area contributed by atoms with Crippen molar-refractivity contribution < 1.29 is 22.7 Å². The number of benzene rings is 2. The minimum absolute atomic E-state index is 0.161. The highest BCUT2D eigenvalue weighted by atomic mass is 32.2. The Morgan fingerprint density at radius 3 is 2.28 bits per heavy atom. The second-order valence-electron chi connectivity index (χ2n) is 5.60. The van der Waals surface area contributed by atoms with Crippen molar-refractivity contribution in [1.82, 2.24) is 4.31 Å². The van der Waals surface area contributed by atoms with Crippen LogP contribution in [0.4, 0.5) is 0 Å². The first kappa shape index (κ1) is 17.6. The lowest BCUT2D eigenvalue weighted by molar-refractivity contribution is 0.0472. The van der Waals surface area contributed by atoms with E-state index in [1.165, 1.54) is 28.6 Å². The second-order valence-corrected chi connectivity index (χ2v) is 7.54. The molecule has 6 nitrogen and oxygen atoms in total. The maximum Gasteiger partial charge on any atom is 0.338 e. The number of carbonyl (C=O) groups is 1. The van der Waals surface area contributed by atoms with Crippen LogP contribution >= 0.6 is 0 Å². The molecule has 132 valence electrons. The number of morpholine rings is 1.